The maximum absolute atomic E-state index is 12.3. The number of anilines is 1. The predicted octanol–water partition coefficient (Wildman–Crippen LogP) is 4.79. The van der Waals surface area contributed by atoms with Crippen molar-refractivity contribution in [2.45, 2.75) is 0 Å². The summed E-state index contributed by atoms with van der Waals surface area (Å²) >= 11 is 0. The average molecular weight is 401 g/mol. The van der Waals surface area contributed by atoms with Gasteiger partial charge in [0.2, 0.25) is 0 Å². The molecular weight excluding hydrogens is 382 g/mol. The number of carbonyl (C=O) groups excluding carboxylic acids is 2. The van der Waals surface area contributed by atoms with Gasteiger partial charge in [-0.2, -0.15) is 0 Å². The molecule has 0 atom stereocenters. The summed E-state index contributed by atoms with van der Waals surface area (Å²) in [4.78, 5) is 24.1. The Morgan fingerprint density at radius 1 is 0.967 bits per heavy atom. The summed E-state index contributed by atoms with van der Waals surface area (Å²) in [6, 6.07) is 20.5. The normalized spacial score (nSPS) is 11.1. The molecule has 3 aromatic carbocycles. The van der Waals surface area contributed by atoms with Crippen LogP contribution >= 0.6 is 0 Å². The lowest BCUT2D eigenvalue weighted by Gasteiger charge is -2.10. The van der Waals surface area contributed by atoms with E-state index in [2.05, 4.69) is 5.32 Å². The first-order chi connectivity index (χ1) is 14.6. The quantitative estimate of drug-likeness (QED) is 0.371. The number of fused-ring (bicyclic) bond motifs is 3. The summed E-state index contributed by atoms with van der Waals surface area (Å²) in [6.45, 7) is -0.417. The van der Waals surface area contributed by atoms with E-state index in [0.29, 0.717) is 17.0 Å². The first kappa shape index (κ1) is 19.3. The number of esters is 1. The van der Waals surface area contributed by atoms with Crippen LogP contribution in [0.5, 0.6) is 5.75 Å². The van der Waals surface area contributed by atoms with Gasteiger partial charge in [-0.1, -0.05) is 48.5 Å². The lowest BCUT2D eigenvalue weighted by atomic mass is 10.1. The number of para-hydroxylation sites is 1. The number of hydrogen-bond donors (Lipinski definition) is 1. The number of carbonyl (C=O) groups is 2. The van der Waals surface area contributed by atoms with Crippen molar-refractivity contribution in [2.24, 2.45) is 0 Å². The number of nitrogens with one attached hydrogen (secondary N) is 1. The van der Waals surface area contributed by atoms with Crippen molar-refractivity contribution in [3.05, 3.63) is 78.4 Å². The zero-order chi connectivity index (χ0) is 20.9. The van der Waals surface area contributed by atoms with Crippen LogP contribution in [0.1, 0.15) is 5.56 Å². The van der Waals surface area contributed by atoms with Gasteiger partial charge in [0, 0.05) is 22.9 Å². The third kappa shape index (κ3) is 4.17. The molecular formula is C24H19NO5. The minimum atomic E-state index is -0.603. The fourth-order valence-electron chi connectivity index (χ4n) is 3.12. The van der Waals surface area contributed by atoms with Crippen LogP contribution in [0.25, 0.3) is 28.0 Å². The smallest absolute Gasteiger partial charge is 0.331 e. The molecule has 1 aromatic heterocycles. The number of methoxy groups -OCH3 is 1. The highest BCUT2D eigenvalue weighted by Gasteiger charge is 2.14. The summed E-state index contributed by atoms with van der Waals surface area (Å²) in [5.74, 6) is -0.600. The highest BCUT2D eigenvalue weighted by Crippen LogP contribution is 2.36. The summed E-state index contributed by atoms with van der Waals surface area (Å²) in [5.41, 5.74) is 2.67. The fourth-order valence-corrected chi connectivity index (χ4v) is 3.12. The van der Waals surface area contributed by atoms with Crippen molar-refractivity contribution < 1.29 is 23.5 Å². The third-order valence-electron chi connectivity index (χ3n) is 4.53. The molecule has 0 bridgehead atoms. The number of amides is 1. The molecule has 1 heterocycles. The monoisotopic (exact) mass is 401 g/mol. The van der Waals surface area contributed by atoms with Crippen LogP contribution in [0.2, 0.25) is 0 Å². The molecule has 1 amide bonds. The van der Waals surface area contributed by atoms with E-state index in [1.807, 2.05) is 60.7 Å². The molecule has 30 heavy (non-hydrogen) atoms. The predicted molar refractivity (Wildman–Crippen MR) is 115 cm³/mol. The second kappa shape index (κ2) is 8.53. The van der Waals surface area contributed by atoms with E-state index in [9.17, 15) is 9.59 Å². The van der Waals surface area contributed by atoms with Gasteiger partial charge in [-0.3, -0.25) is 4.79 Å². The molecule has 0 radical (unpaired) electrons. The molecule has 6 heteroatoms. The minimum Gasteiger partial charge on any atom is -0.495 e. The summed E-state index contributed by atoms with van der Waals surface area (Å²) in [7, 11) is 1.52. The second-order valence-electron chi connectivity index (χ2n) is 6.55. The Balaban J connectivity index is 1.44. The van der Waals surface area contributed by atoms with Crippen molar-refractivity contribution in [2.75, 3.05) is 19.0 Å². The molecule has 150 valence electrons. The standard InChI is InChI=1S/C24H19NO5/c1-28-22-13-18-17-9-5-6-10-20(17)30-21(18)14-19(22)25-23(26)15-29-24(27)12-11-16-7-3-2-4-8-16/h2-14H,15H2,1H3,(H,25,26)/b12-11+. The molecule has 0 fully saturated rings. The lowest BCUT2D eigenvalue weighted by Crippen LogP contribution is -2.20. The van der Waals surface area contributed by atoms with Gasteiger partial charge in [-0.15, -0.1) is 0 Å². The van der Waals surface area contributed by atoms with Crippen LogP contribution in [-0.2, 0) is 14.3 Å². The van der Waals surface area contributed by atoms with Crippen LogP contribution in [0.3, 0.4) is 0 Å². The van der Waals surface area contributed by atoms with E-state index in [1.165, 1.54) is 13.2 Å². The minimum absolute atomic E-state index is 0.417. The van der Waals surface area contributed by atoms with Crippen LogP contribution in [0.15, 0.2) is 77.2 Å². The molecule has 0 saturated carbocycles. The number of ether oxygens (including phenoxy) is 2. The van der Waals surface area contributed by atoms with Gasteiger partial charge < -0.3 is 19.2 Å². The van der Waals surface area contributed by atoms with E-state index in [0.717, 1.165) is 21.9 Å². The van der Waals surface area contributed by atoms with E-state index >= 15 is 0 Å². The van der Waals surface area contributed by atoms with Crippen LogP contribution in [0.4, 0.5) is 5.69 Å². The lowest BCUT2D eigenvalue weighted by molar-refractivity contribution is -0.142. The number of hydrogen-bond acceptors (Lipinski definition) is 5. The molecule has 0 spiro atoms. The molecule has 0 unspecified atom stereocenters. The van der Waals surface area contributed by atoms with E-state index in [-0.39, 0.29) is 0 Å². The topological polar surface area (TPSA) is 77.8 Å². The number of benzene rings is 3. The highest BCUT2D eigenvalue weighted by atomic mass is 16.5. The largest absolute Gasteiger partial charge is 0.495 e. The Bertz CT molecular complexity index is 1240. The summed E-state index contributed by atoms with van der Waals surface area (Å²) in [5, 5.41) is 4.55. The zero-order valence-electron chi connectivity index (χ0n) is 16.3. The Morgan fingerprint density at radius 3 is 2.53 bits per heavy atom. The van der Waals surface area contributed by atoms with Crippen molar-refractivity contribution >= 4 is 45.6 Å². The molecule has 1 N–H and O–H groups in total. The van der Waals surface area contributed by atoms with Gasteiger partial charge in [0.15, 0.2) is 6.61 Å². The molecule has 6 nitrogen and oxygen atoms in total. The molecule has 0 saturated heterocycles. The van der Waals surface area contributed by atoms with Crippen molar-refractivity contribution in [3.8, 4) is 5.75 Å². The van der Waals surface area contributed by atoms with E-state index in [4.69, 9.17) is 13.9 Å². The molecule has 4 aromatic rings. The van der Waals surface area contributed by atoms with Gasteiger partial charge in [0.25, 0.3) is 5.91 Å². The molecule has 0 aliphatic carbocycles. The van der Waals surface area contributed by atoms with E-state index in [1.54, 1.807) is 12.1 Å². The molecule has 0 aliphatic rings. The van der Waals surface area contributed by atoms with Crippen LogP contribution in [0, 0.1) is 0 Å². The first-order valence-electron chi connectivity index (χ1n) is 9.33. The van der Waals surface area contributed by atoms with Crippen molar-refractivity contribution in [1.82, 2.24) is 0 Å². The Labute approximate surface area is 172 Å². The number of furan rings is 1. The van der Waals surface area contributed by atoms with Gasteiger partial charge in [0.05, 0.1) is 12.8 Å². The molecule has 0 aliphatic heterocycles. The van der Waals surface area contributed by atoms with Crippen LogP contribution in [-0.4, -0.2) is 25.6 Å². The van der Waals surface area contributed by atoms with Gasteiger partial charge in [0.1, 0.15) is 16.9 Å². The summed E-state index contributed by atoms with van der Waals surface area (Å²) < 4.78 is 16.3. The van der Waals surface area contributed by atoms with Crippen LogP contribution < -0.4 is 10.1 Å². The maximum Gasteiger partial charge on any atom is 0.331 e. The average Bonchev–Trinajstić information content (AvgIpc) is 3.13. The van der Waals surface area contributed by atoms with Gasteiger partial charge in [-0.25, -0.2) is 4.79 Å². The maximum atomic E-state index is 12.3. The van der Waals surface area contributed by atoms with Gasteiger partial charge in [-0.05, 0) is 23.8 Å². The Morgan fingerprint density at radius 2 is 1.73 bits per heavy atom. The third-order valence-corrected chi connectivity index (χ3v) is 4.53. The summed E-state index contributed by atoms with van der Waals surface area (Å²) in [6.07, 6.45) is 2.91. The van der Waals surface area contributed by atoms with Crippen molar-refractivity contribution in [3.63, 3.8) is 0 Å². The second-order valence-corrected chi connectivity index (χ2v) is 6.55. The van der Waals surface area contributed by atoms with Crippen molar-refractivity contribution in [1.29, 1.82) is 0 Å². The zero-order valence-corrected chi connectivity index (χ0v) is 16.3. The van der Waals surface area contributed by atoms with Gasteiger partial charge >= 0.3 is 5.97 Å². The van der Waals surface area contributed by atoms with E-state index < -0.39 is 18.5 Å². The Kier molecular flexibility index (Phi) is 5.48. The highest BCUT2D eigenvalue weighted by molar-refractivity contribution is 6.08. The number of rotatable bonds is 6. The Hall–Kier alpha value is -4.06. The molecule has 4 rings (SSSR count). The fraction of sp³-hybridized carbons (Fsp3) is 0.0833. The SMILES string of the molecule is COc1cc2c(cc1NC(=O)COC(=O)/C=C/c1ccccc1)oc1ccccc12. The first-order valence-corrected chi connectivity index (χ1v) is 9.33.